The number of hydrogen-bond acceptors (Lipinski definition) is 2. The van der Waals surface area contributed by atoms with E-state index in [2.05, 4.69) is 20.9 Å². The predicted molar refractivity (Wildman–Crippen MR) is 51.7 cm³/mol. The van der Waals surface area contributed by atoms with E-state index < -0.39 is 0 Å². The van der Waals surface area contributed by atoms with Gasteiger partial charge in [-0.25, -0.2) is 4.98 Å². The van der Waals surface area contributed by atoms with Crippen LogP contribution in [0.3, 0.4) is 0 Å². The van der Waals surface area contributed by atoms with Gasteiger partial charge >= 0.3 is 0 Å². The van der Waals surface area contributed by atoms with E-state index in [4.69, 9.17) is 5.73 Å². The predicted octanol–water partition coefficient (Wildman–Crippen LogP) is 0.482. The number of nitrogens with zero attached hydrogens (tertiary/aromatic N) is 3. The molecule has 0 saturated carbocycles. The molecule has 0 aliphatic carbocycles. The molecule has 0 saturated heterocycles. The van der Waals surface area contributed by atoms with E-state index >= 15 is 0 Å². The third kappa shape index (κ3) is 1.06. The monoisotopic (exact) mass is 178 g/mol. The summed E-state index contributed by atoms with van der Waals surface area (Å²) in [7, 11) is 2.03. The standard InChI is InChI=1S/C9H14N4/c1-7-8(3-4-10)12(2)9-11-5-6-13(7)9/h5-6H,3-4,10H2,1-2H3. The Morgan fingerprint density at radius 2 is 2.31 bits per heavy atom. The van der Waals surface area contributed by atoms with Crippen LogP contribution >= 0.6 is 0 Å². The second-order valence-electron chi connectivity index (χ2n) is 3.23. The molecule has 0 aliphatic rings. The lowest BCUT2D eigenvalue weighted by Crippen LogP contribution is -2.07. The fourth-order valence-electron chi connectivity index (χ4n) is 1.79. The molecule has 2 heterocycles. The van der Waals surface area contributed by atoms with Gasteiger partial charge in [0, 0.05) is 37.3 Å². The first-order valence-electron chi connectivity index (χ1n) is 4.43. The summed E-state index contributed by atoms with van der Waals surface area (Å²) in [5, 5.41) is 0. The summed E-state index contributed by atoms with van der Waals surface area (Å²) in [5.74, 6) is 0.987. The van der Waals surface area contributed by atoms with Crippen molar-refractivity contribution >= 4 is 5.78 Å². The molecule has 2 rings (SSSR count). The number of imidazole rings is 2. The average Bonchev–Trinajstić information content (AvgIpc) is 2.66. The van der Waals surface area contributed by atoms with E-state index in [1.54, 1.807) is 0 Å². The molecule has 0 atom stereocenters. The lowest BCUT2D eigenvalue weighted by molar-refractivity contribution is 0.813. The molecule has 4 heteroatoms. The second-order valence-corrected chi connectivity index (χ2v) is 3.23. The van der Waals surface area contributed by atoms with Gasteiger partial charge < -0.3 is 10.3 Å². The van der Waals surface area contributed by atoms with Gasteiger partial charge in [0.05, 0.1) is 0 Å². The number of aryl methyl sites for hydroxylation is 2. The fraction of sp³-hybridized carbons (Fsp3) is 0.444. The zero-order valence-electron chi connectivity index (χ0n) is 7.99. The topological polar surface area (TPSA) is 48.2 Å². The van der Waals surface area contributed by atoms with Gasteiger partial charge in [-0.3, -0.25) is 4.40 Å². The Bertz CT molecular complexity index is 389. The summed E-state index contributed by atoms with van der Waals surface area (Å²) in [6, 6.07) is 0. The molecule has 0 fully saturated rings. The summed E-state index contributed by atoms with van der Waals surface area (Å²) in [5.41, 5.74) is 8.05. The summed E-state index contributed by atoms with van der Waals surface area (Å²) < 4.78 is 4.19. The van der Waals surface area contributed by atoms with Crippen molar-refractivity contribution in [1.82, 2.24) is 14.0 Å². The third-order valence-corrected chi connectivity index (χ3v) is 2.49. The van der Waals surface area contributed by atoms with Gasteiger partial charge in [0.1, 0.15) is 0 Å². The number of fused-ring (bicyclic) bond motifs is 1. The number of hydrogen-bond donors (Lipinski definition) is 1. The van der Waals surface area contributed by atoms with E-state index in [1.807, 2.05) is 19.4 Å². The molecular weight excluding hydrogens is 164 g/mol. The fourth-order valence-corrected chi connectivity index (χ4v) is 1.79. The molecule has 0 aromatic carbocycles. The van der Waals surface area contributed by atoms with Crippen LogP contribution in [0, 0.1) is 6.92 Å². The Hall–Kier alpha value is -1.29. The minimum atomic E-state index is 0.682. The minimum absolute atomic E-state index is 0.682. The van der Waals surface area contributed by atoms with E-state index in [9.17, 15) is 0 Å². The molecule has 0 bridgehead atoms. The first-order chi connectivity index (χ1) is 6.25. The maximum absolute atomic E-state index is 5.55. The minimum Gasteiger partial charge on any atom is -0.330 e. The van der Waals surface area contributed by atoms with Gasteiger partial charge in [0.15, 0.2) is 0 Å². The van der Waals surface area contributed by atoms with Gasteiger partial charge in [0.2, 0.25) is 5.78 Å². The van der Waals surface area contributed by atoms with Crippen molar-refractivity contribution in [3.05, 3.63) is 23.8 Å². The van der Waals surface area contributed by atoms with Crippen LogP contribution in [0.4, 0.5) is 0 Å². The van der Waals surface area contributed by atoms with E-state index in [0.29, 0.717) is 6.54 Å². The second kappa shape index (κ2) is 2.88. The largest absolute Gasteiger partial charge is 0.330 e. The SMILES string of the molecule is Cc1c(CCN)n(C)c2nccn12. The average molecular weight is 178 g/mol. The molecule has 13 heavy (non-hydrogen) atoms. The number of rotatable bonds is 2. The Kier molecular flexibility index (Phi) is 1.84. The van der Waals surface area contributed by atoms with Crippen molar-refractivity contribution < 1.29 is 0 Å². The van der Waals surface area contributed by atoms with Crippen molar-refractivity contribution in [2.75, 3.05) is 6.54 Å². The van der Waals surface area contributed by atoms with Crippen molar-refractivity contribution in [3.8, 4) is 0 Å². The zero-order chi connectivity index (χ0) is 9.42. The highest BCUT2D eigenvalue weighted by Gasteiger charge is 2.10. The quantitative estimate of drug-likeness (QED) is 0.727. The zero-order valence-corrected chi connectivity index (χ0v) is 7.99. The molecule has 0 spiro atoms. The first kappa shape index (κ1) is 8.31. The Morgan fingerprint density at radius 3 is 2.92 bits per heavy atom. The van der Waals surface area contributed by atoms with Crippen LogP contribution in [0.25, 0.3) is 5.78 Å². The van der Waals surface area contributed by atoms with E-state index in [0.717, 1.165) is 12.2 Å². The van der Waals surface area contributed by atoms with Crippen LogP contribution in [0.5, 0.6) is 0 Å². The Labute approximate surface area is 77.0 Å². The molecule has 4 nitrogen and oxygen atoms in total. The lowest BCUT2D eigenvalue weighted by Gasteiger charge is -2.00. The maximum atomic E-state index is 5.55. The highest BCUT2D eigenvalue weighted by atomic mass is 15.2. The van der Waals surface area contributed by atoms with Crippen molar-refractivity contribution in [2.24, 2.45) is 12.8 Å². The molecule has 70 valence electrons. The number of aromatic nitrogens is 3. The Morgan fingerprint density at radius 1 is 1.54 bits per heavy atom. The van der Waals surface area contributed by atoms with Crippen molar-refractivity contribution in [1.29, 1.82) is 0 Å². The highest BCUT2D eigenvalue weighted by Crippen LogP contribution is 2.13. The molecule has 0 aliphatic heterocycles. The lowest BCUT2D eigenvalue weighted by atomic mass is 10.2. The maximum Gasteiger partial charge on any atom is 0.214 e. The number of nitrogens with two attached hydrogens (primary N) is 1. The van der Waals surface area contributed by atoms with Crippen LogP contribution in [0.15, 0.2) is 12.4 Å². The Balaban J connectivity index is 2.67. The summed E-state index contributed by atoms with van der Waals surface area (Å²) >= 11 is 0. The summed E-state index contributed by atoms with van der Waals surface area (Å²) in [4.78, 5) is 4.27. The van der Waals surface area contributed by atoms with Crippen LogP contribution in [-0.4, -0.2) is 20.5 Å². The van der Waals surface area contributed by atoms with Crippen LogP contribution in [-0.2, 0) is 13.5 Å². The molecule has 0 radical (unpaired) electrons. The van der Waals surface area contributed by atoms with Crippen LogP contribution in [0.2, 0.25) is 0 Å². The van der Waals surface area contributed by atoms with E-state index in [-0.39, 0.29) is 0 Å². The summed E-state index contributed by atoms with van der Waals surface area (Å²) in [6.45, 7) is 2.78. The molecular formula is C9H14N4. The van der Waals surface area contributed by atoms with E-state index in [1.165, 1.54) is 11.4 Å². The highest BCUT2D eigenvalue weighted by molar-refractivity contribution is 5.38. The smallest absolute Gasteiger partial charge is 0.214 e. The van der Waals surface area contributed by atoms with Crippen LogP contribution < -0.4 is 5.73 Å². The van der Waals surface area contributed by atoms with Gasteiger partial charge in [-0.2, -0.15) is 0 Å². The summed E-state index contributed by atoms with van der Waals surface area (Å²) in [6.07, 6.45) is 4.70. The van der Waals surface area contributed by atoms with Gasteiger partial charge in [-0.05, 0) is 13.5 Å². The molecule has 2 N–H and O–H groups in total. The van der Waals surface area contributed by atoms with Gasteiger partial charge in [0.25, 0.3) is 0 Å². The molecule has 2 aromatic rings. The molecule has 0 amide bonds. The van der Waals surface area contributed by atoms with Gasteiger partial charge in [-0.15, -0.1) is 0 Å². The normalized spacial score (nSPS) is 11.3. The van der Waals surface area contributed by atoms with Crippen molar-refractivity contribution in [3.63, 3.8) is 0 Å². The van der Waals surface area contributed by atoms with Crippen molar-refractivity contribution in [2.45, 2.75) is 13.3 Å². The van der Waals surface area contributed by atoms with Gasteiger partial charge in [-0.1, -0.05) is 0 Å². The van der Waals surface area contributed by atoms with Crippen LogP contribution in [0.1, 0.15) is 11.4 Å². The first-order valence-corrected chi connectivity index (χ1v) is 4.43. The molecule has 2 aromatic heterocycles. The third-order valence-electron chi connectivity index (χ3n) is 2.49. The molecule has 0 unspecified atom stereocenters.